The molecule has 1 aliphatic carbocycles. The number of carbonyl (C=O) groups excluding carboxylic acids is 1. The molecule has 2 saturated heterocycles. The van der Waals surface area contributed by atoms with Crippen molar-refractivity contribution in [3.05, 3.63) is 23.3 Å². The van der Waals surface area contributed by atoms with Gasteiger partial charge in [-0.3, -0.25) is 9.69 Å². The number of nitrogens with one attached hydrogen (secondary N) is 1. The molecule has 0 bridgehead atoms. The number of piperidine rings is 1. The summed E-state index contributed by atoms with van der Waals surface area (Å²) in [5.41, 5.74) is 2.32. The molecular formula is C27H48N6O2S2. The van der Waals surface area contributed by atoms with Crippen LogP contribution in [0.15, 0.2) is 22.1 Å². The Morgan fingerprint density at radius 1 is 1.11 bits per heavy atom. The molecule has 1 saturated carbocycles. The van der Waals surface area contributed by atoms with E-state index in [4.69, 9.17) is 10.6 Å². The van der Waals surface area contributed by atoms with E-state index in [9.17, 15) is 4.79 Å². The zero-order chi connectivity index (χ0) is 27.4. The Morgan fingerprint density at radius 3 is 2.11 bits per heavy atom. The second-order valence-corrected chi connectivity index (χ2v) is 11.4. The highest BCUT2D eigenvalue weighted by Gasteiger charge is 2.27. The highest BCUT2D eigenvalue weighted by Crippen LogP contribution is 2.24. The lowest BCUT2D eigenvalue weighted by Crippen LogP contribution is -2.53. The van der Waals surface area contributed by atoms with Crippen LogP contribution in [0.3, 0.4) is 0 Å². The standard InChI is InChI=1S/C12H23N3O.C9H12OS.C6H13N3S/c1-11(16)14-7-9-15(10-8-14)12-3-5-13(2)6-4-12;1-6-4-8(10-3)5-7(2)9(6)11;1-10-6(9-7)4-8-5-2-3-5/h12H,3-10H2,1-2H3;4-5,11H,1-3H3;5,8H,2-4,7H2,1H3/b;;9-6-. The van der Waals surface area contributed by atoms with Gasteiger partial charge in [-0.05, 0) is 89.2 Å². The monoisotopic (exact) mass is 552 g/mol. The minimum atomic E-state index is 0.225. The number of carbonyl (C=O) groups is 1. The normalized spacial score (nSPS) is 19.4. The van der Waals surface area contributed by atoms with Crippen LogP contribution in [0.25, 0.3) is 0 Å². The van der Waals surface area contributed by atoms with Crippen LogP contribution in [0.1, 0.15) is 43.7 Å². The summed E-state index contributed by atoms with van der Waals surface area (Å²) in [5.74, 6) is 6.24. The van der Waals surface area contributed by atoms with Gasteiger partial charge in [0.25, 0.3) is 0 Å². The number of benzene rings is 1. The van der Waals surface area contributed by atoms with E-state index in [2.05, 4.69) is 39.9 Å². The van der Waals surface area contributed by atoms with Crippen LogP contribution in [0.4, 0.5) is 0 Å². The number of hydrogen-bond donors (Lipinski definition) is 3. The van der Waals surface area contributed by atoms with E-state index in [1.165, 1.54) is 38.8 Å². The Hall–Kier alpha value is -1.46. The number of likely N-dealkylation sites (tertiary alicyclic amines) is 1. The van der Waals surface area contributed by atoms with E-state index in [-0.39, 0.29) is 5.91 Å². The van der Waals surface area contributed by atoms with Gasteiger partial charge in [0.05, 0.1) is 7.11 Å². The number of hydrazone groups is 1. The average Bonchev–Trinajstić information content (AvgIpc) is 3.73. The molecule has 3 N–H and O–H groups in total. The lowest BCUT2D eigenvalue weighted by Gasteiger charge is -2.42. The van der Waals surface area contributed by atoms with Crippen molar-refractivity contribution < 1.29 is 9.53 Å². The predicted molar refractivity (Wildman–Crippen MR) is 160 cm³/mol. The van der Waals surface area contributed by atoms with Gasteiger partial charge in [0.15, 0.2) is 0 Å². The molecule has 10 heteroatoms. The summed E-state index contributed by atoms with van der Waals surface area (Å²) in [5, 5.41) is 7.93. The topological polar surface area (TPSA) is 86.4 Å². The molecule has 210 valence electrons. The number of hydrogen-bond acceptors (Lipinski definition) is 9. The first-order valence-corrected chi connectivity index (χ1v) is 14.9. The molecule has 3 aliphatic rings. The number of piperazine rings is 1. The Morgan fingerprint density at radius 2 is 1.68 bits per heavy atom. The first kappa shape index (κ1) is 31.8. The van der Waals surface area contributed by atoms with Gasteiger partial charge in [-0.1, -0.05) is 0 Å². The summed E-state index contributed by atoms with van der Waals surface area (Å²) >= 11 is 5.94. The van der Waals surface area contributed by atoms with Gasteiger partial charge in [-0.15, -0.1) is 24.4 Å². The summed E-state index contributed by atoms with van der Waals surface area (Å²) in [6.45, 7) is 13.0. The van der Waals surface area contributed by atoms with Crippen LogP contribution in [0.5, 0.6) is 5.75 Å². The van der Waals surface area contributed by atoms with E-state index in [0.717, 1.165) is 71.6 Å². The number of amides is 1. The second kappa shape index (κ2) is 16.5. The van der Waals surface area contributed by atoms with Crippen molar-refractivity contribution >= 4 is 35.3 Å². The van der Waals surface area contributed by atoms with Crippen molar-refractivity contribution in [1.82, 2.24) is 20.0 Å². The van der Waals surface area contributed by atoms with E-state index in [1.807, 2.05) is 37.1 Å². The maximum Gasteiger partial charge on any atom is 0.219 e. The molecule has 0 spiro atoms. The van der Waals surface area contributed by atoms with Crippen molar-refractivity contribution in [1.29, 1.82) is 0 Å². The number of nitrogens with two attached hydrogens (primary N) is 1. The average molecular weight is 553 g/mol. The molecule has 2 aliphatic heterocycles. The van der Waals surface area contributed by atoms with E-state index in [1.54, 1.807) is 25.8 Å². The Labute approximate surface area is 234 Å². The Kier molecular flexibility index (Phi) is 14.2. The maximum absolute atomic E-state index is 11.2. The molecule has 4 rings (SSSR count). The zero-order valence-electron chi connectivity index (χ0n) is 23.6. The molecule has 0 unspecified atom stereocenters. The van der Waals surface area contributed by atoms with Gasteiger partial charge in [0.1, 0.15) is 10.8 Å². The molecule has 37 heavy (non-hydrogen) atoms. The molecule has 1 amide bonds. The SMILES string of the molecule is CC(=O)N1CCN(C2CCN(C)CC2)CC1.COc1cc(C)c(S)c(C)c1.CS/C(CNC1CC1)=N\N. The molecule has 2 heterocycles. The summed E-state index contributed by atoms with van der Waals surface area (Å²) in [7, 11) is 3.87. The summed E-state index contributed by atoms with van der Waals surface area (Å²) in [4.78, 5) is 19.2. The van der Waals surface area contributed by atoms with Gasteiger partial charge in [-0.2, -0.15) is 5.10 Å². The summed E-state index contributed by atoms with van der Waals surface area (Å²) in [6.07, 6.45) is 7.19. The Bertz CT molecular complexity index is 841. The fraction of sp³-hybridized carbons (Fsp3) is 0.704. The lowest BCUT2D eigenvalue weighted by atomic mass is 10.0. The second-order valence-electron chi connectivity index (χ2n) is 10.1. The molecule has 1 aromatic carbocycles. The smallest absolute Gasteiger partial charge is 0.219 e. The molecule has 8 nitrogen and oxygen atoms in total. The molecule has 0 radical (unpaired) electrons. The van der Waals surface area contributed by atoms with Crippen LogP contribution >= 0.6 is 24.4 Å². The van der Waals surface area contributed by atoms with E-state index < -0.39 is 0 Å². The van der Waals surface area contributed by atoms with Gasteiger partial charge in [0, 0.05) is 56.6 Å². The summed E-state index contributed by atoms with van der Waals surface area (Å²) < 4.78 is 5.10. The van der Waals surface area contributed by atoms with Crippen molar-refractivity contribution in [3.8, 4) is 5.75 Å². The van der Waals surface area contributed by atoms with E-state index in [0.29, 0.717) is 0 Å². The highest BCUT2D eigenvalue weighted by atomic mass is 32.2. The third-order valence-corrected chi connectivity index (χ3v) is 8.59. The van der Waals surface area contributed by atoms with Crippen molar-refractivity contribution in [2.75, 3.05) is 66.2 Å². The largest absolute Gasteiger partial charge is 0.497 e. The molecule has 0 aromatic heterocycles. The third-order valence-electron chi connectivity index (χ3n) is 7.16. The highest BCUT2D eigenvalue weighted by molar-refractivity contribution is 8.13. The molecule has 3 fully saturated rings. The number of aryl methyl sites for hydroxylation is 2. The number of thioether (sulfide) groups is 1. The number of rotatable bonds is 5. The van der Waals surface area contributed by atoms with Crippen molar-refractivity contribution in [2.45, 2.75) is 63.4 Å². The quantitative estimate of drug-likeness (QED) is 0.170. The van der Waals surface area contributed by atoms with Crippen LogP contribution in [0, 0.1) is 13.8 Å². The van der Waals surface area contributed by atoms with Crippen molar-refractivity contribution in [3.63, 3.8) is 0 Å². The van der Waals surface area contributed by atoms with Gasteiger partial charge >= 0.3 is 0 Å². The number of methoxy groups -OCH3 is 1. The first-order valence-electron chi connectivity index (χ1n) is 13.2. The molecule has 0 atom stereocenters. The summed E-state index contributed by atoms with van der Waals surface area (Å²) in [6, 6.07) is 5.46. The third kappa shape index (κ3) is 11.4. The Balaban J connectivity index is 0.000000203. The van der Waals surface area contributed by atoms with E-state index >= 15 is 0 Å². The van der Waals surface area contributed by atoms with Crippen LogP contribution < -0.4 is 15.9 Å². The minimum Gasteiger partial charge on any atom is -0.497 e. The van der Waals surface area contributed by atoms with Crippen LogP contribution in [-0.4, -0.2) is 104 Å². The number of ether oxygens (including phenoxy) is 1. The first-order chi connectivity index (χ1) is 17.7. The van der Waals surface area contributed by atoms with Crippen molar-refractivity contribution in [2.24, 2.45) is 10.9 Å². The lowest BCUT2D eigenvalue weighted by molar-refractivity contribution is -0.131. The number of nitrogens with zero attached hydrogens (tertiary/aromatic N) is 4. The maximum atomic E-state index is 11.2. The van der Waals surface area contributed by atoms with Gasteiger partial charge in [-0.25, -0.2) is 0 Å². The molecule has 1 aromatic rings. The fourth-order valence-electron chi connectivity index (χ4n) is 4.49. The zero-order valence-corrected chi connectivity index (χ0v) is 25.3. The minimum absolute atomic E-state index is 0.225. The van der Waals surface area contributed by atoms with Crippen LogP contribution in [0.2, 0.25) is 0 Å². The molecular weight excluding hydrogens is 504 g/mol. The van der Waals surface area contributed by atoms with Gasteiger partial charge in [0.2, 0.25) is 5.91 Å². The van der Waals surface area contributed by atoms with Crippen LogP contribution in [-0.2, 0) is 4.79 Å². The van der Waals surface area contributed by atoms with Gasteiger partial charge < -0.3 is 25.7 Å². The fourth-order valence-corrected chi connectivity index (χ4v) is 4.95. The predicted octanol–water partition coefficient (Wildman–Crippen LogP) is 3.22. The number of thiol groups is 1.